The molecule has 0 saturated carbocycles. The van der Waals surface area contributed by atoms with Crippen molar-refractivity contribution in [3.05, 3.63) is 52.5 Å². The van der Waals surface area contributed by atoms with Crippen molar-refractivity contribution in [3.8, 4) is 5.75 Å². The third kappa shape index (κ3) is 4.77. The van der Waals surface area contributed by atoms with Gasteiger partial charge < -0.3 is 9.84 Å². The molecule has 2 atom stereocenters. The van der Waals surface area contributed by atoms with Crippen molar-refractivity contribution in [2.75, 3.05) is 13.1 Å². The summed E-state index contributed by atoms with van der Waals surface area (Å²) in [7, 11) is -3.86. The van der Waals surface area contributed by atoms with Crippen molar-refractivity contribution >= 4 is 16.0 Å². The van der Waals surface area contributed by atoms with Gasteiger partial charge in [-0.25, -0.2) is 17.9 Å². The summed E-state index contributed by atoms with van der Waals surface area (Å²) >= 11 is 0. The molecule has 1 aromatic rings. The highest BCUT2D eigenvalue weighted by Gasteiger charge is 2.46. The summed E-state index contributed by atoms with van der Waals surface area (Å²) in [5, 5.41) is 9.76. The highest BCUT2D eigenvalue weighted by molar-refractivity contribution is 7.93. The molecule has 1 aliphatic heterocycles. The van der Waals surface area contributed by atoms with Gasteiger partial charge in [0.25, 0.3) is 0 Å². The monoisotopic (exact) mass is 434 g/mol. The number of nitrogens with zero attached hydrogens (tertiary/aromatic N) is 1. The van der Waals surface area contributed by atoms with Crippen LogP contribution in [0.1, 0.15) is 45.1 Å². The Bertz CT molecular complexity index is 952. The number of allylic oxidation sites excluding steroid dienone is 1. The van der Waals surface area contributed by atoms with E-state index in [0.29, 0.717) is 18.7 Å². The topological polar surface area (TPSA) is 95.9 Å². The maximum Gasteiger partial charge on any atom is 0.331 e. The molecule has 0 amide bonds. The summed E-state index contributed by atoms with van der Waals surface area (Å²) in [4.78, 5) is 14.0. The molecule has 0 aromatic heterocycles. The van der Waals surface area contributed by atoms with Crippen LogP contribution >= 0.6 is 0 Å². The van der Waals surface area contributed by atoms with Crippen LogP contribution < -0.4 is 9.46 Å². The molecule has 7 nitrogen and oxygen atoms in total. The van der Waals surface area contributed by atoms with Crippen LogP contribution in [0.3, 0.4) is 0 Å². The fourth-order valence-electron chi connectivity index (χ4n) is 4.04. The molecular formula is C22H30N2O5S. The number of aliphatic carboxylic acids is 1. The third-order valence-corrected chi connectivity index (χ3v) is 7.05. The Balaban J connectivity index is 2.12. The van der Waals surface area contributed by atoms with E-state index in [9.17, 15) is 18.3 Å². The van der Waals surface area contributed by atoms with Crippen molar-refractivity contribution in [2.24, 2.45) is 0 Å². The first-order valence-corrected chi connectivity index (χ1v) is 11.8. The fraction of sp³-hybridized carbons (Fsp3) is 0.500. The van der Waals surface area contributed by atoms with E-state index < -0.39 is 21.7 Å². The highest BCUT2D eigenvalue weighted by Crippen LogP contribution is 2.39. The normalized spacial score (nSPS) is 25.0. The van der Waals surface area contributed by atoms with E-state index in [1.807, 2.05) is 38.1 Å². The van der Waals surface area contributed by atoms with Gasteiger partial charge in [0.05, 0.1) is 4.91 Å². The second-order valence-corrected chi connectivity index (χ2v) is 9.81. The third-order valence-electron chi connectivity index (χ3n) is 5.61. The summed E-state index contributed by atoms with van der Waals surface area (Å²) in [6.45, 7) is 6.88. The Kier molecular flexibility index (Phi) is 6.69. The first-order chi connectivity index (χ1) is 14.2. The second-order valence-electron chi connectivity index (χ2n) is 8.04. The van der Waals surface area contributed by atoms with Gasteiger partial charge in [-0.2, -0.15) is 0 Å². The van der Waals surface area contributed by atoms with Crippen molar-refractivity contribution < 1.29 is 23.1 Å². The molecule has 164 valence electrons. The lowest BCUT2D eigenvalue weighted by Gasteiger charge is -2.44. The molecule has 1 aliphatic carbocycles. The van der Waals surface area contributed by atoms with Crippen molar-refractivity contribution in [1.29, 1.82) is 0 Å². The average Bonchev–Trinajstić information content (AvgIpc) is 3.14. The number of hydrogen-bond acceptors (Lipinski definition) is 5. The van der Waals surface area contributed by atoms with Gasteiger partial charge in [0.2, 0.25) is 10.0 Å². The maximum atomic E-state index is 12.9. The number of sulfonamides is 1. The molecule has 2 aliphatic rings. The van der Waals surface area contributed by atoms with Gasteiger partial charge >= 0.3 is 5.97 Å². The molecule has 2 N–H and O–H groups in total. The van der Waals surface area contributed by atoms with Crippen LogP contribution in [0.2, 0.25) is 0 Å². The molecule has 3 rings (SSSR count). The Hall–Kier alpha value is -2.16. The van der Waals surface area contributed by atoms with E-state index in [2.05, 4.69) is 16.5 Å². The van der Waals surface area contributed by atoms with Gasteiger partial charge in [0.1, 0.15) is 5.75 Å². The number of likely N-dealkylation sites (tertiary alicyclic amines) is 1. The Morgan fingerprint density at radius 1 is 1.33 bits per heavy atom. The molecule has 2 unspecified atom stereocenters. The summed E-state index contributed by atoms with van der Waals surface area (Å²) in [5.41, 5.74) is -0.104. The fourth-order valence-corrected chi connectivity index (χ4v) is 5.31. The van der Waals surface area contributed by atoms with Crippen LogP contribution in [0.25, 0.3) is 0 Å². The first-order valence-electron chi connectivity index (χ1n) is 10.4. The van der Waals surface area contributed by atoms with Gasteiger partial charge in [-0.05, 0) is 57.4 Å². The van der Waals surface area contributed by atoms with E-state index in [0.717, 1.165) is 18.4 Å². The minimum absolute atomic E-state index is 0.0144. The van der Waals surface area contributed by atoms with Crippen molar-refractivity contribution in [1.82, 2.24) is 9.62 Å². The van der Waals surface area contributed by atoms with Gasteiger partial charge in [-0.1, -0.05) is 24.6 Å². The van der Waals surface area contributed by atoms with Crippen LogP contribution in [-0.4, -0.2) is 49.2 Å². The lowest BCUT2D eigenvalue weighted by Crippen LogP contribution is -2.55. The lowest BCUT2D eigenvalue weighted by molar-refractivity contribution is -0.134. The number of hydrogen-bond donors (Lipinski definition) is 2. The van der Waals surface area contributed by atoms with E-state index in [-0.39, 0.29) is 29.5 Å². The average molecular weight is 435 g/mol. The molecule has 0 bridgehead atoms. The number of carbonyl (C=O) groups is 1. The van der Waals surface area contributed by atoms with E-state index in [4.69, 9.17) is 4.74 Å². The quantitative estimate of drug-likeness (QED) is 0.652. The zero-order chi connectivity index (χ0) is 21.9. The Morgan fingerprint density at radius 2 is 2.03 bits per heavy atom. The Labute approximate surface area is 178 Å². The number of nitrogens with one attached hydrogen (secondary N) is 1. The van der Waals surface area contributed by atoms with E-state index >= 15 is 0 Å². The number of carboxylic acid groups (broad SMARTS) is 1. The minimum atomic E-state index is -3.86. The Morgan fingerprint density at radius 3 is 2.60 bits per heavy atom. The predicted molar refractivity (Wildman–Crippen MR) is 116 cm³/mol. The van der Waals surface area contributed by atoms with E-state index in [1.54, 1.807) is 6.08 Å². The van der Waals surface area contributed by atoms with Crippen molar-refractivity contribution in [3.63, 3.8) is 0 Å². The lowest BCUT2D eigenvalue weighted by atomic mass is 9.94. The minimum Gasteiger partial charge on any atom is -0.478 e. The molecule has 8 heteroatoms. The molecular weight excluding hydrogens is 404 g/mol. The predicted octanol–water partition coefficient (Wildman–Crippen LogP) is 3.18. The number of carboxylic acids is 1. The van der Waals surface area contributed by atoms with Crippen LogP contribution in [0.5, 0.6) is 5.75 Å². The second kappa shape index (κ2) is 8.91. The van der Waals surface area contributed by atoms with E-state index in [1.165, 1.54) is 6.08 Å². The molecule has 1 aromatic carbocycles. The molecule has 1 saturated heterocycles. The standard InChI is InChI=1S/C22H30N2O5S/c1-4-11-23-30(27,28)20-13-18(21(25)26)14-22(15-20,24-12-5-6-17(24)3)29-19-9-7-16(2)8-10-19/h7-10,13,15,17,23H,4-6,11-12,14H2,1-3H3,(H,25,26). The van der Waals surface area contributed by atoms with Crippen LogP contribution in [-0.2, 0) is 14.8 Å². The number of benzene rings is 1. The summed E-state index contributed by atoms with van der Waals surface area (Å²) in [6.07, 6.45) is 5.41. The zero-order valence-corrected chi connectivity index (χ0v) is 18.5. The first kappa shape index (κ1) is 22.5. The summed E-state index contributed by atoms with van der Waals surface area (Å²) in [6, 6.07) is 7.61. The van der Waals surface area contributed by atoms with Gasteiger partial charge in [-0.3, -0.25) is 4.90 Å². The van der Waals surface area contributed by atoms with Gasteiger partial charge in [-0.15, -0.1) is 0 Å². The van der Waals surface area contributed by atoms with Gasteiger partial charge in [0.15, 0.2) is 5.72 Å². The van der Waals surface area contributed by atoms with Crippen LogP contribution in [0, 0.1) is 6.92 Å². The van der Waals surface area contributed by atoms with Crippen LogP contribution in [0.4, 0.5) is 0 Å². The smallest absolute Gasteiger partial charge is 0.331 e. The van der Waals surface area contributed by atoms with Crippen LogP contribution in [0.15, 0.2) is 46.9 Å². The highest BCUT2D eigenvalue weighted by atomic mass is 32.2. The van der Waals surface area contributed by atoms with Gasteiger partial charge in [0, 0.05) is 31.1 Å². The number of aryl methyl sites for hydroxylation is 1. The summed E-state index contributed by atoms with van der Waals surface area (Å²) < 4.78 is 34.8. The molecule has 0 radical (unpaired) electrons. The zero-order valence-electron chi connectivity index (χ0n) is 17.7. The molecule has 1 fully saturated rings. The van der Waals surface area contributed by atoms with Crippen molar-refractivity contribution in [2.45, 2.75) is 58.2 Å². The number of ether oxygens (including phenoxy) is 1. The molecule has 30 heavy (non-hydrogen) atoms. The molecule has 1 heterocycles. The maximum absolute atomic E-state index is 12.9. The number of rotatable bonds is 8. The summed E-state index contributed by atoms with van der Waals surface area (Å²) in [5.74, 6) is -0.573. The molecule has 0 spiro atoms. The SMILES string of the molecule is CCCNS(=O)(=O)C1=CC(Oc2ccc(C)cc2)(N2CCCC2C)CC(C(=O)O)=C1. The largest absolute Gasteiger partial charge is 0.478 e.